The van der Waals surface area contributed by atoms with E-state index >= 15 is 0 Å². The van der Waals surface area contributed by atoms with E-state index in [2.05, 4.69) is 13.8 Å². The number of rotatable bonds is 0. The summed E-state index contributed by atoms with van der Waals surface area (Å²) in [6, 6.07) is 0. The quantitative estimate of drug-likeness (QED) is 0.519. The first-order valence-electron chi connectivity index (χ1n) is 5.68. The molecule has 4 aliphatic carbocycles. The van der Waals surface area contributed by atoms with E-state index in [0.29, 0.717) is 5.41 Å². The molecule has 0 aromatic carbocycles. The van der Waals surface area contributed by atoms with Gasteiger partial charge < -0.3 is 0 Å². The fraction of sp³-hybridized carbons (Fsp3) is 1.00. The first kappa shape index (κ1) is 8.59. The van der Waals surface area contributed by atoms with Crippen molar-refractivity contribution in [2.75, 3.05) is 0 Å². The molecule has 4 bridgehead atoms. The van der Waals surface area contributed by atoms with Crippen molar-refractivity contribution in [3.63, 3.8) is 0 Å². The van der Waals surface area contributed by atoms with Gasteiger partial charge in [-0.25, -0.2) is 0 Å². The lowest BCUT2D eigenvalue weighted by Crippen LogP contribution is -2.55. The van der Waals surface area contributed by atoms with E-state index in [-0.39, 0.29) is 4.87 Å². The largest absolute Gasteiger partial charge is 0.119 e. The molecule has 0 heterocycles. The van der Waals surface area contributed by atoms with Gasteiger partial charge in [0.15, 0.2) is 0 Å². The molecule has 74 valence electrons. The summed E-state index contributed by atoms with van der Waals surface area (Å²) >= 11 is 6.66. The van der Waals surface area contributed by atoms with Crippen LogP contribution >= 0.6 is 11.6 Å². The topological polar surface area (TPSA) is 0 Å². The van der Waals surface area contributed by atoms with Gasteiger partial charge in [0.25, 0.3) is 0 Å². The van der Waals surface area contributed by atoms with Crippen LogP contribution in [0.1, 0.15) is 46.0 Å². The Hall–Kier alpha value is 0.290. The van der Waals surface area contributed by atoms with Crippen molar-refractivity contribution in [2.45, 2.75) is 50.8 Å². The summed E-state index contributed by atoms with van der Waals surface area (Å²) < 4.78 is 0. The highest BCUT2D eigenvalue weighted by molar-refractivity contribution is 6.24. The summed E-state index contributed by atoms with van der Waals surface area (Å²) in [5.41, 5.74) is 0.593. The molecule has 1 heteroatoms. The van der Waals surface area contributed by atoms with Crippen molar-refractivity contribution in [1.82, 2.24) is 0 Å². The zero-order chi connectivity index (χ0) is 9.27. The highest BCUT2D eigenvalue weighted by atomic mass is 35.5. The maximum atomic E-state index is 6.66. The predicted molar refractivity (Wildman–Crippen MR) is 55.9 cm³/mol. The molecule has 0 N–H and O–H groups in total. The maximum Gasteiger partial charge on any atom is 0.0455 e. The Labute approximate surface area is 86.0 Å². The number of alkyl halides is 1. The highest BCUT2D eigenvalue weighted by Crippen LogP contribution is 2.65. The first-order chi connectivity index (χ1) is 6.00. The van der Waals surface area contributed by atoms with Crippen LogP contribution in [-0.2, 0) is 0 Å². The molecule has 0 aromatic heterocycles. The average Bonchev–Trinajstić information content (AvgIpc) is 1.97. The van der Waals surface area contributed by atoms with E-state index in [0.717, 1.165) is 17.8 Å². The molecule has 0 radical (unpaired) electrons. The molecular weight excluding hydrogens is 180 g/mol. The minimum Gasteiger partial charge on any atom is -0.119 e. The van der Waals surface area contributed by atoms with Gasteiger partial charge in [-0.15, -0.1) is 11.6 Å². The molecule has 4 rings (SSSR count). The SMILES string of the molecule is CC1(C)C2CC3CC1CC(Cl)(C3)C2. The smallest absolute Gasteiger partial charge is 0.0455 e. The zero-order valence-corrected chi connectivity index (χ0v) is 9.40. The van der Waals surface area contributed by atoms with Gasteiger partial charge >= 0.3 is 0 Å². The molecule has 4 fully saturated rings. The van der Waals surface area contributed by atoms with Gasteiger partial charge in [-0.05, 0) is 55.3 Å². The Kier molecular flexibility index (Phi) is 1.50. The van der Waals surface area contributed by atoms with Gasteiger partial charge in [0, 0.05) is 4.87 Å². The predicted octanol–water partition coefficient (Wildman–Crippen LogP) is 3.83. The van der Waals surface area contributed by atoms with Gasteiger partial charge in [-0.1, -0.05) is 13.8 Å². The Morgan fingerprint density at radius 3 is 2.00 bits per heavy atom. The lowest BCUT2D eigenvalue weighted by atomic mass is 9.46. The van der Waals surface area contributed by atoms with Crippen LogP contribution in [0.15, 0.2) is 0 Å². The van der Waals surface area contributed by atoms with E-state index in [4.69, 9.17) is 11.6 Å². The summed E-state index contributed by atoms with van der Waals surface area (Å²) in [4.78, 5) is 0.228. The van der Waals surface area contributed by atoms with Crippen molar-refractivity contribution in [1.29, 1.82) is 0 Å². The van der Waals surface area contributed by atoms with Gasteiger partial charge in [0.1, 0.15) is 0 Å². The zero-order valence-electron chi connectivity index (χ0n) is 8.65. The van der Waals surface area contributed by atoms with E-state index < -0.39 is 0 Å². The van der Waals surface area contributed by atoms with Gasteiger partial charge in [0.05, 0.1) is 0 Å². The van der Waals surface area contributed by atoms with Crippen LogP contribution < -0.4 is 0 Å². The van der Waals surface area contributed by atoms with Crippen molar-refractivity contribution in [3.05, 3.63) is 0 Å². The van der Waals surface area contributed by atoms with E-state index in [1.807, 2.05) is 0 Å². The summed E-state index contributed by atoms with van der Waals surface area (Å²) in [5.74, 6) is 2.83. The highest BCUT2D eigenvalue weighted by Gasteiger charge is 2.57. The van der Waals surface area contributed by atoms with E-state index in [9.17, 15) is 0 Å². The third-order valence-electron chi connectivity index (χ3n) is 5.22. The van der Waals surface area contributed by atoms with Crippen LogP contribution in [0.4, 0.5) is 0 Å². The Bertz CT molecular complexity index is 226. The maximum absolute atomic E-state index is 6.66. The average molecular weight is 199 g/mol. The minimum atomic E-state index is 0.228. The molecule has 4 saturated carbocycles. The second kappa shape index (κ2) is 2.27. The lowest BCUT2D eigenvalue weighted by Gasteiger charge is -2.62. The van der Waals surface area contributed by atoms with Crippen LogP contribution in [0.3, 0.4) is 0 Å². The third kappa shape index (κ3) is 1.04. The van der Waals surface area contributed by atoms with Crippen molar-refractivity contribution >= 4 is 11.6 Å². The normalized spacial score (nSPS) is 57.0. The summed E-state index contributed by atoms with van der Waals surface area (Å²) in [7, 11) is 0. The Balaban J connectivity index is 1.99. The van der Waals surface area contributed by atoms with E-state index in [1.165, 1.54) is 32.1 Å². The van der Waals surface area contributed by atoms with Gasteiger partial charge in [0.2, 0.25) is 0 Å². The number of hydrogen-bond donors (Lipinski definition) is 0. The van der Waals surface area contributed by atoms with Crippen LogP contribution in [0, 0.1) is 23.2 Å². The van der Waals surface area contributed by atoms with Crippen molar-refractivity contribution < 1.29 is 0 Å². The number of halogens is 1. The molecule has 0 spiro atoms. The van der Waals surface area contributed by atoms with Crippen LogP contribution in [0.25, 0.3) is 0 Å². The molecule has 2 unspecified atom stereocenters. The number of hydrogen-bond acceptors (Lipinski definition) is 0. The molecule has 0 saturated heterocycles. The molecule has 13 heavy (non-hydrogen) atoms. The standard InChI is InChI=1S/C12H19Cl/c1-11(2)9-3-8-4-10(11)7-12(13,5-8)6-9/h8-10H,3-7H2,1-2H3. The van der Waals surface area contributed by atoms with Crippen molar-refractivity contribution in [2.24, 2.45) is 23.2 Å². The molecule has 0 aromatic rings. The van der Waals surface area contributed by atoms with Gasteiger partial charge in [-0.3, -0.25) is 0 Å². The van der Waals surface area contributed by atoms with Gasteiger partial charge in [-0.2, -0.15) is 0 Å². The summed E-state index contributed by atoms with van der Waals surface area (Å²) in [6.07, 6.45) is 6.86. The van der Waals surface area contributed by atoms with Crippen molar-refractivity contribution in [3.8, 4) is 0 Å². The Morgan fingerprint density at radius 1 is 1.00 bits per heavy atom. The third-order valence-corrected chi connectivity index (χ3v) is 5.68. The molecular formula is C12H19Cl. The molecule has 0 amide bonds. The molecule has 4 aliphatic rings. The first-order valence-corrected chi connectivity index (χ1v) is 6.06. The van der Waals surface area contributed by atoms with Crippen LogP contribution in [0.2, 0.25) is 0 Å². The molecule has 2 atom stereocenters. The fourth-order valence-corrected chi connectivity index (χ4v) is 4.94. The molecule has 0 aliphatic heterocycles. The fourth-order valence-electron chi connectivity index (χ4n) is 4.35. The summed E-state index contributed by atoms with van der Waals surface area (Å²) in [5, 5.41) is 0. The minimum absolute atomic E-state index is 0.228. The van der Waals surface area contributed by atoms with Crippen LogP contribution in [-0.4, -0.2) is 4.87 Å². The second-order valence-electron chi connectivity index (χ2n) is 6.32. The van der Waals surface area contributed by atoms with Crippen LogP contribution in [0.5, 0.6) is 0 Å². The summed E-state index contributed by atoms with van der Waals surface area (Å²) in [6.45, 7) is 4.95. The van der Waals surface area contributed by atoms with E-state index in [1.54, 1.807) is 0 Å². The lowest BCUT2D eigenvalue weighted by molar-refractivity contribution is -0.0771. The molecule has 0 nitrogen and oxygen atoms in total. The Morgan fingerprint density at radius 2 is 1.54 bits per heavy atom. The second-order valence-corrected chi connectivity index (χ2v) is 7.12. The monoisotopic (exact) mass is 198 g/mol.